The normalized spacial score (nSPS) is 11.5. The summed E-state index contributed by atoms with van der Waals surface area (Å²) in [4.78, 5) is 11.5. The molecular weight excluding hydrogens is 473 g/mol. The Morgan fingerprint density at radius 1 is 1.09 bits per heavy atom. The van der Waals surface area contributed by atoms with E-state index in [1.165, 1.54) is 5.56 Å². The molecule has 0 aromatic heterocycles. The maximum absolute atomic E-state index is 11.5. The monoisotopic (exact) mass is 503 g/mol. The number of benzene rings is 3. The van der Waals surface area contributed by atoms with Crippen molar-refractivity contribution in [3.8, 4) is 16.9 Å². The molecule has 0 aliphatic heterocycles. The molecule has 0 amide bonds. The summed E-state index contributed by atoms with van der Waals surface area (Å²) in [6.45, 7) is 3.67. The summed E-state index contributed by atoms with van der Waals surface area (Å²) in [7, 11) is 0. The number of carboxylic acids is 1. The molecule has 0 aliphatic rings. The van der Waals surface area contributed by atoms with Crippen molar-refractivity contribution in [3.63, 3.8) is 0 Å². The predicted molar refractivity (Wildman–Crippen MR) is 139 cm³/mol. The number of aromatic carboxylic acids is 1. The molecular formula is C27H31Cl2NO4. The van der Waals surface area contributed by atoms with Crippen molar-refractivity contribution in [2.75, 3.05) is 19.7 Å². The minimum Gasteiger partial charge on any atom is -0.493 e. The van der Waals surface area contributed by atoms with Gasteiger partial charge in [-0.1, -0.05) is 61.0 Å². The van der Waals surface area contributed by atoms with Crippen LogP contribution in [0.3, 0.4) is 0 Å². The summed E-state index contributed by atoms with van der Waals surface area (Å²) in [6, 6.07) is 20.7. The number of aliphatic hydroxyl groups excluding tert-OH is 1. The third-order valence-electron chi connectivity index (χ3n) is 5.37. The summed E-state index contributed by atoms with van der Waals surface area (Å²) < 4.78 is 5.71. The van der Waals surface area contributed by atoms with Crippen LogP contribution in [0, 0.1) is 0 Å². The summed E-state index contributed by atoms with van der Waals surface area (Å²) in [5, 5.41) is 23.7. The van der Waals surface area contributed by atoms with Crippen molar-refractivity contribution in [3.05, 3.63) is 88.4 Å². The van der Waals surface area contributed by atoms with Crippen molar-refractivity contribution in [1.29, 1.82) is 0 Å². The summed E-state index contributed by atoms with van der Waals surface area (Å²) in [6.07, 6.45) is 1.94. The highest BCUT2D eigenvalue weighted by molar-refractivity contribution is 6.30. The highest BCUT2D eigenvalue weighted by Gasteiger charge is 2.14. The van der Waals surface area contributed by atoms with Gasteiger partial charge in [-0.25, -0.2) is 4.79 Å². The molecule has 0 unspecified atom stereocenters. The highest BCUT2D eigenvalue weighted by atomic mass is 35.5. The van der Waals surface area contributed by atoms with Crippen LogP contribution in [0.15, 0.2) is 66.7 Å². The number of halogens is 2. The molecule has 0 radical (unpaired) electrons. The van der Waals surface area contributed by atoms with Crippen molar-refractivity contribution in [2.45, 2.75) is 32.3 Å². The van der Waals surface area contributed by atoms with E-state index in [1.807, 2.05) is 49.4 Å². The standard InChI is InChI=1S/C27H30ClNO4.ClH/c1-2-15-33-26-17-20(12-13-24(26)27(31)32)23-11-4-3-7-19(23)9-6-14-29-18-25(30)21-8-5-10-22(28)16-21;/h3-5,7-8,10-13,16-17,25,29-30H,2,6,9,14-15,18H2,1H3,(H,31,32);1H/t25-;/m0./s1. The largest absolute Gasteiger partial charge is 0.493 e. The van der Waals surface area contributed by atoms with Gasteiger partial charge in [0.2, 0.25) is 0 Å². The molecule has 0 fully saturated rings. The van der Waals surface area contributed by atoms with Crippen LogP contribution < -0.4 is 10.1 Å². The van der Waals surface area contributed by atoms with Crippen LogP contribution in [-0.4, -0.2) is 35.9 Å². The molecule has 0 aliphatic carbocycles. The van der Waals surface area contributed by atoms with E-state index >= 15 is 0 Å². The van der Waals surface area contributed by atoms with Crippen LogP contribution in [0.4, 0.5) is 0 Å². The third-order valence-corrected chi connectivity index (χ3v) is 5.61. The Balaban J connectivity index is 0.00000408. The van der Waals surface area contributed by atoms with E-state index in [0.29, 0.717) is 23.9 Å². The Kier molecular flexibility index (Phi) is 11.4. The van der Waals surface area contributed by atoms with Crippen LogP contribution in [-0.2, 0) is 6.42 Å². The van der Waals surface area contributed by atoms with Crippen molar-refractivity contribution in [1.82, 2.24) is 5.32 Å². The topological polar surface area (TPSA) is 78.8 Å². The van der Waals surface area contributed by atoms with Gasteiger partial charge in [-0.15, -0.1) is 12.4 Å². The number of aryl methyl sites for hydroxylation is 1. The molecule has 1 atom stereocenters. The summed E-state index contributed by atoms with van der Waals surface area (Å²) >= 11 is 6.00. The lowest BCUT2D eigenvalue weighted by Crippen LogP contribution is -2.22. The van der Waals surface area contributed by atoms with Crippen LogP contribution in [0.1, 0.15) is 47.4 Å². The lowest BCUT2D eigenvalue weighted by molar-refractivity contribution is 0.0692. The number of ether oxygens (including phenoxy) is 1. The van der Waals surface area contributed by atoms with Gasteiger partial charge >= 0.3 is 5.97 Å². The van der Waals surface area contributed by atoms with Gasteiger partial charge in [0.25, 0.3) is 0 Å². The van der Waals surface area contributed by atoms with Gasteiger partial charge in [0.05, 0.1) is 12.7 Å². The van der Waals surface area contributed by atoms with Crippen LogP contribution in [0.2, 0.25) is 5.02 Å². The zero-order valence-electron chi connectivity index (χ0n) is 19.2. The fourth-order valence-electron chi connectivity index (χ4n) is 3.69. The first-order valence-electron chi connectivity index (χ1n) is 11.2. The van der Waals surface area contributed by atoms with E-state index in [1.54, 1.807) is 18.2 Å². The minimum atomic E-state index is -0.994. The van der Waals surface area contributed by atoms with Gasteiger partial charge in [-0.2, -0.15) is 0 Å². The number of carbonyl (C=O) groups is 1. The molecule has 3 N–H and O–H groups in total. The Bertz CT molecular complexity index is 1070. The van der Waals surface area contributed by atoms with Gasteiger partial charge in [0, 0.05) is 11.6 Å². The van der Waals surface area contributed by atoms with Crippen molar-refractivity contribution < 1.29 is 19.7 Å². The number of hydrogen-bond acceptors (Lipinski definition) is 4. The first kappa shape index (κ1) is 27.7. The van der Waals surface area contributed by atoms with Gasteiger partial charge < -0.3 is 20.3 Å². The smallest absolute Gasteiger partial charge is 0.339 e. The quantitative estimate of drug-likeness (QED) is 0.257. The molecule has 0 heterocycles. The molecule has 7 heteroatoms. The second-order valence-corrected chi connectivity index (χ2v) is 8.34. The van der Waals surface area contributed by atoms with E-state index < -0.39 is 12.1 Å². The zero-order chi connectivity index (χ0) is 23.6. The first-order valence-corrected chi connectivity index (χ1v) is 11.6. The van der Waals surface area contributed by atoms with E-state index in [2.05, 4.69) is 11.4 Å². The molecule has 3 aromatic carbocycles. The van der Waals surface area contributed by atoms with Gasteiger partial charge in [0.15, 0.2) is 0 Å². The number of carboxylic acid groups (broad SMARTS) is 1. The molecule has 0 saturated carbocycles. The number of hydrogen-bond donors (Lipinski definition) is 3. The van der Waals surface area contributed by atoms with E-state index in [0.717, 1.165) is 42.5 Å². The fraction of sp³-hybridized carbons (Fsp3) is 0.296. The second-order valence-electron chi connectivity index (χ2n) is 7.90. The zero-order valence-corrected chi connectivity index (χ0v) is 20.7. The first-order chi connectivity index (χ1) is 16.0. The van der Waals surface area contributed by atoms with E-state index in [9.17, 15) is 15.0 Å². The fourth-order valence-corrected chi connectivity index (χ4v) is 3.89. The maximum atomic E-state index is 11.5. The molecule has 0 spiro atoms. The van der Waals surface area contributed by atoms with Crippen LogP contribution in [0.25, 0.3) is 11.1 Å². The van der Waals surface area contributed by atoms with E-state index in [-0.39, 0.29) is 18.0 Å². The third kappa shape index (κ3) is 7.74. The minimum absolute atomic E-state index is 0. The average molecular weight is 504 g/mol. The maximum Gasteiger partial charge on any atom is 0.339 e. The number of nitrogens with one attached hydrogen (secondary N) is 1. The molecule has 34 heavy (non-hydrogen) atoms. The van der Waals surface area contributed by atoms with Gasteiger partial charge in [-0.05, 0) is 72.3 Å². The molecule has 0 bridgehead atoms. The van der Waals surface area contributed by atoms with Crippen LogP contribution >= 0.6 is 24.0 Å². The lowest BCUT2D eigenvalue weighted by Gasteiger charge is -2.14. The SMILES string of the molecule is CCCOc1cc(-c2ccccc2CCCNC[C@H](O)c2cccc(Cl)c2)ccc1C(=O)O.Cl. The van der Waals surface area contributed by atoms with Gasteiger partial charge in [0.1, 0.15) is 11.3 Å². The van der Waals surface area contributed by atoms with Crippen molar-refractivity contribution in [2.24, 2.45) is 0 Å². The molecule has 3 aromatic rings. The highest BCUT2D eigenvalue weighted by Crippen LogP contribution is 2.30. The summed E-state index contributed by atoms with van der Waals surface area (Å²) in [5.74, 6) is -0.597. The Morgan fingerprint density at radius 2 is 1.88 bits per heavy atom. The van der Waals surface area contributed by atoms with Gasteiger partial charge in [-0.3, -0.25) is 0 Å². The predicted octanol–water partition coefficient (Wildman–Crippen LogP) is 6.17. The number of rotatable bonds is 12. The molecule has 3 rings (SSSR count). The van der Waals surface area contributed by atoms with Crippen molar-refractivity contribution >= 4 is 30.0 Å². The number of aliphatic hydroxyl groups is 1. The Hall–Kier alpha value is -2.57. The second kappa shape index (κ2) is 14.0. The molecule has 0 saturated heterocycles. The Labute approximate surface area is 212 Å². The Morgan fingerprint density at radius 3 is 2.62 bits per heavy atom. The summed E-state index contributed by atoms with van der Waals surface area (Å²) in [5.41, 5.74) is 4.15. The average Bonchev–Trinajstić information content (AvgIpc) is 2.82. The van der Waals surface area contributed by atoms with E-state index in [4.69, 9.17) is 16.3 Å². The lowest BCUT2D eigenvalue weighted by atomic mass is 9.95. The molecule has 5 nitrogen and oxygen atoms in total. The van der Waals surface area contributed by atoms with Crippen LogP contribution in [0.5, 0.6) is 5.75 Å². The molecule has 182 valence electrons.